The molecule has 0 radical (unpaired) electrons. The smallest absolute Gasteiger partial charge is 0.259 e. The van der Waals surface area contributed by atoms with Crippen molar-refractivity contribution in [1.82, 2.24) is 10.2 Å². The van der Waals surface area contributed by atoms with Crippen LogP contribution < -0.4 is 4.74 Å². The van der Waals surface area contributed by atoms with Crippen molar-refractivity contribution < 1.29 is 14.3 Å². The number of methoxy groups -OCH3 is 1. The minimum Gasteiger partial charge on any atom is -0.503 e. The van der Waals surface area contributed by atoms with Gasteiger partial charge in [0, 0.05) is 5.56 Å². The molecular formula is C18H14Cl2N2O3. The zero-order valence-electron chi connectivity index (χ0n) is 13.5. The van der Waals surface area contributed by atoms with E-state index in [9.17, 15) is 5.11 Å². The Hall–Kier alpha value is -2.50. The van der Waals surface area contributed by atoms with E-state index < -0.39 is 0 Å². The molecule has 1 N–H and O–H groups in total. The van der Waals surface area contributed by atoms with Crippen molar-refractivity contribution in [2.75, 3.05) is 7.11 Å². The van der Waals surface area contributed by atoms with Gasteiger partial charge in [0.1, 0.15) is 5.03 Å². The molecule has 0 unspecified atom stereocenters. The Morgan fingerprint density at radius 1 is 1.24 bits per heavy atom. The van der Waals surface area contributed by atoms with Gasteiger partial charge in [-0.05, 0) is 42.8 Å². The molecule has 25 heavy (non-hydrogen) atoms. The predicted molar refractivity (Wildman–Crippen MR) is 97.9 cm³/mol. The van der Waals surface area contributed by atoms with Crippen molar-refractivity contribution in [1.29, 1.82) is 0 Å². The van der Waals surface area contributed by atoms with Crippen LogP contribution in [0.4, 0.5) is 0 Å². The van der Waals surface area contributed by atoms with Crippen molar-refractivity contribution in [3.8, 4) is 23.0 Å². The molecule has 0 aliphatic rings. The first-order valence-corrected chi connectivity index (χ1v) is 8.08. The fraction of sp³-hybridized carbons (Fsp3) is 0.111. The van der Waals surface area contributed by atoms with E-state index in [1.54, 1.807) is 18.2 Å². The van der Waals surface area contributed by atoms with E-state index in [0.29, 0.717) is 11.5 Å². The van der Waals surface area contributed by atoms with Crippen LogP contribution in [-0.2, 0) is 0 Å². The van der Waals surface area contributed by atoms with Crippen LogP contribution >= 0.6 is 23.2 Å². The third-order valence-electron chi connectivity index (χ3n) is 3.46. The van der Waals surface area contributed by atoms with Crippen LogP contribution in [0.25, 0.3) is 22.6 Å². The lowest BCUT2D eigenvalue weighted by atomic mass is 10.1. The molecular weight excluding hydrogens is 363 g/mol. The van der Waals surface area contributed by atoms with Crippen molar-refractivity contribution in [2.45, 2.75) is 6.92 Å². The quantitative estimate of drug-likeness (QED) is 0.681. The lowest BCUT2D eigenvalue weighted by Crippen LogP contribution is -1.86. The van der Waals surface area contributed by atoms with Crippen molar-refractivity contribution in [3.63, 3.8) is 0 Å². The van der Waals surface area contributed by atoms with Gasteiger partial charge in [0.15, 0.2) is 11.5 Å². The van der Waals surface area contributed by atoms with Crippen LogP contribution in [0.5, 0.6) is 11.5 Å². The number of phenols is 1. The number of rotatable bonds is 4. The number of aromatic hydroxyl groups is 1. The van der Waals surface area contributed by atoms with Gasteiger partial charge in [0.2, 0.25) is 5.89 Å². The number of benzene rings is 2. The van der Waals surface area contributed by atoms with Gasteiger partial charge in [-0.25, -0.2) is 0 Å². The van der Waals surface area contributed by atoms with Gasteiger partial charge in [-0.2, -0.15) is 0 Å². The highest BCUT2D eigenvalue weighted by molar-refractivity contribution is 6.50. The van der Waals surface area contributed by atoms with Crippen molar-refractivity contribution in [3.05, 3.63) is 58.4 Å². The van der Waals surface area contributed by atoms with Crippen LogP contribution in [0.15, 0.2) is 40.8 Å². The molecule has 0 bridgehead atoms. The molecule has 0 atom stereocenters. The maximum absolute atomic E-state index is 9.77. The highest BCUT2D eigenvalue weighted by Gasteiger charge is 2.13. The van der Waals surface area contributed by atoms with E-state index in [4.69, 9.17) is 32.4 Å². The highest BCUT2D eigenvalue weighted by Crippen LogP contribution is 2.36. The van der Waals surface area contributed by atoms with Crippen molar-refractivity contribution >= 4 is 34.3 Å². The lowest BCUT2D eigenvalue weighted by Gasteiger charge is -2.06. The van der Waals surface area contributed by atoms with Gasteiger partial charge in [0.05, 0.1) is 12.1 Å². The number of hydrogen-bond donors (Lipinski definition) is 1. The number of nitrogens with zero attached hydrogens (tertiary/aromatic N) is 2. The highest BCUT2D eigenvalue weighted by atomic mass is 35.5. The molecule has 128 valence electrons. The van der Waals surface area contributed by atoms with Crippen LogP contribution in [-0.4, -0.2) is 22.4 Å². The number of halogens is 2. The largest absolute Gasteiger partial charge is 0.503 e. The zero-order chi connectivity index (χ0) is 18.0. The first-order valence-electron chi connectivity index (χ1n) is 7.32. The second-order valence-electron chi connectivity index (χ2n) is 5.33. The number of aromatic nitrogens is 2. The summed E-state index contributed by atoms with van der Waals surface area (Å²) in [5.74, 6) is 0.680. The Morgan fingerprint density at radius 2 is 2.04 bits per heavy atom. The average molecular weight is 377 g/mol. The molecule has 0 saturated carbocycles. The molecule has 0 saturated heterocycles. The Kier molecular flexibility index (Phi) is 4.97. The molecule has 5 nitrogen and oxygen atoms in total. The Labute approximate surface area is 154 Å². The lowest BCUT2D eigenvalue weighted by molar-refractivity contribution is 0.373. The molecule has 0 amide bonds. The summed E-state index contributed by atoms with van der Waals surface area (Å²) in [4.78, 5) is 0. The molecule has 0 fully saturated rings. The molecule has 0 aliphatic carbocycles. The van der Waals surface area contributed by atoms with E-state index in [-0.39, 0.29) is 27.4 Å². The second kappa shape index (κ2) is 7.17. The third kappa shape index (κ3) is 3.78. The van der Waals surface area contributed by atoms with Crippen LogP contribution in [0.3, 0.4) is 0 Å². The number of phenolic OH excluding ortho intramolecular Hbond substituents is 1. The normalized spacial score (nSPS) is 11.6. The molecule has 3 rings (SSSR count). The summed E-state index contributed by atoms with van der Waals surface area (Å²) in [7, 11) is 1.44. The zero-order valence-corrected chi connectivity index (χ0v) is 15.0. The van der Waals surface area contributed by atoms with Crippen LogP contribution in [0, 0.1) is 6.92 Å². The fourth-order valence-electron chi connectivity index (χ4n) is 2.26. The standard InChI is InChI=1S/C18H14Cl2N2O3/c1-10-4-3-5-12(6-10)17-21-22-18(25-17)14(20)8-11-7-13(19)16(23)15(9-11)24-2/h3-9,23H,1-2H3/b14-8-. The summed E-state index contributed by atoms with van der Waals surface area (Å²) < 4.78 is 10.7. The summed E-state index contributed by atoms with van der Waals surface area (Å²) in [5.41, 5.74) is 2.53. The Bertz CT molecular complexity index is 951. The van der Waals surface area contributed by atoms with Gasteiger partial charge in [0.25, 0.3) is 5.89 Å². The van der Waals surface area contributed by atoms with E-state index in [1.165, 1.54) is 7.11 Å². The maximum Gasteiger partial charge on any atom is 0.259 e. The van der Waals surface area contributed by atoms with Gasteiger partial charge >= 0.3 is 0 Å². The molecule has 2 aromatic carbocycles. The van der Waals surface area contributed by atoms with Gasteiger partial charge in [-0.3, -0.25) is 0 Å². The molecule has 0 spiro atoms. The van der Waals surface area contributed by atoms with Gasteiger partial charge < -0.3 is 14.3 Å². The van der Waals surface area contributed by atoms with E-state index in [0.717, 1.165) is 11.1 Å². The van der Waals surface area contributed by atoms with Crippen LogP contribution in [0.1, 0.15) is 17.0 Å². The number of aryl methyl sites for hydroxylation is 1. The minimum atomic E-state index is -0.128. The number of hydrogen-bond acceptors (Lipinski definition) is 5. The van der Waals surface area contributed by atoms with E-state index in [2.05, 4.69) is 10.2 Å². The summed E-state index contributed by atoms with van der Waals surface area (Å²) in [6.45, 7) is 1.98. The third-order valence-corrected chi connectivity index (χ3v) is 4.02. The molecule has 3 aromatic rings. The first kappa shape index (κ1) is 17.3. The minimum absolute atomic E-state index is 0.128. The summed E-state index contributed by atoms with van der Waals surface area (Å²) in [6, 6.07) is 10.9. The maximum atomic E-state index is 9.77. The SMILES string of the molecule is COc1cc(/C=C(\Cl)c2nnc(-c3cccc(C)c3)o2)cc(Cl)c1O. The van der Waals surface area contributed by atoms with E-state index >= 15 is 0 Å². The van der Waals surface area contributed by atoms with E-state index in [1.807, 2.05) is 31.2 Å². The number of ether oxygens (including phenoxy) is 1. The van der Waals surface area contributed by atoms with Gasteiger partial charge in [-0.15, -0.1) is 10.2 Å². The van der Waals surface area contributed by atoms with Gasteiger partial charge in [-0.1, -0.05) is 40.9 Å². The summed E-state index contributed by atoms with van der Waals surface area (Å²) in [5, 5.41) is 18.2. The second-order valence-corrected chi connectivity index (χ2v) is 6.14. The molecule has 0 aliphatic heterocycles. The Morgan fingerprint density at radius 3 is 2.76 bits per heavy atom. The topological polar surface area (TPSA) is 68.4 Å². The fourth-order valence-corrected chi connectivity index (χ4v) is 2.68. The average Bonchev–Trinajstić information content (AvgIpc) is 3.08. The molecule has 7 heteroatoms. The van der Waals surface area contributed by atoms with Crippen molar-refractivity contribution in [2.24, 2.45) is 0 Å². The molecule has 1 heterocycles. The summed E-state index contributed by atoms with van der Waals surface area (Å²) in [6.07, 6.45) is 1.60. The monoisotopic (exact) mass is 376 g/mol. The molecule has 1 aromatic heterocycles. The first-order chi connectivity index (χ1) is 12.0. The predicted octanol–water partition coefficient (Wildman–Crippen LogP) is 5.15. The Balaban J connectivity index is 1.92. The summed E-state index contributed by atoms with van der Waals surface area (Å²) >= 11 is 12.3. The van der Waals surface area contributed by atoms with Crippen LogP contribution in [0.2, 0.25) is 5.02 Å².